The maximum atomic E-state index is 11.9. The van der Waals surface area contributed by atoms with Crippen molar-refractivity contribution in [3.63, 3.8) is 0 Å². The van der Waals surface area contributed by atoms with Crippen LogP contribution in [-0.2, 0) is 11.2 Å². The lowest BCUT2D eigenvalue weighted by molar-refractivity contribution is 0.0527. The average molecular weight is 447 g/mol. The van der Waals surface area contributed by atoms with E-state index in [0.717, 1.165) is 41.8 Å². The van der Waals surface area contributed by atoms with E-state index in [-0.39, 0.29) is 12.1 Å². The van der Waals surface area contributed by atoms with E-state index < -0.39 is 5.60 Å². The quantitative estimate of drug-likeness (QED) is 0.443. The number of rotatable bonds is 9. The number of benzene rings is 2. The first-order valence-corrected chi connectivity index (χ1v) is 11.9. The molecule has 1 unspecified atom stereocenters. The SMILES string of the molecule is CC(C)(C)OC(=O)NCCCNC(c1nc2ccccc2nc1Cc1ccccc1)C1CC1. The first kappa shape index (κ1) is 23.2. The number of hydrogen-bond acceptors (Lipinski definition) is 5. The lowest BCUT2D eigenvalue weighted by Crippen LogP contribution is -2.34. The van der Waals surface area contributed by atoms with E-state index in [4.69, 9.17) is 14.7 Å². The van der Waals surface area contributed by atoms with Gasteiger partial charge in [-0.2, -0.15) is 0 Å². The minimum absolute atomic E-state index is 0.169. The zero-order valence-electron chi connectivity index (χ0n) is 19.8. The number of aromatic nitrogens is 2. The van der Waals surface area contributed by atoms with Gasteiger partial charge in [0, 0.05) is 13.0 Å². The molecule has 6 heteroatoms. The standard InChI is InChI=1S/C27H34N4O2/c1-27(2,3)33-26(32)29-17-9-16-28-24(20-14-15-20)25-23(18-19-10-5-4-6-11-19)30-21-12-7-8-13-22(21)31-25/h4-8,10-13,20,24,28H,9,14-18H2,1-3H3,(H,29,32). The predicted molar refractivity (Wildman–Crippen MR) is 131 cm³/mol. The predicted octanol–water partition coefficient (Wildman–Crippen LogP) is 5.18. The Hall–Kier alpha value is -2.99. The summed E-state index contributed by atoms with van der Waals surface area (Å²) in [5.74, 6) is 0.578. The van der Waals surface area contributed by atoms with Gasteiger partial charge in [-0.3, -0.25) is 0 Å². The van der Waals surface area contributed by atoms with Crippen LogP contribution >= 0.6 is 0 Å². The third-order valence-corrected chi connectivity index (χ3v) is 5.66. The molecule has 1 aliphatic carbocycles. The van der Waals surface area contributed by atoms with Gasteiger partial charge in [-0.1, -0.05) is 42.5 Å². The molecule has 1 aromatic heterocycles. The summed E-state index contributed by atoms with van der Waals surface area (Å²) in [4.78, 5) is 22.0. The van der Waals surface area contributed by atoms with Crippen molar-refractivity contribution in [2.45, 2.75) is 58.1 Å². The Bertz CT molecular complexity index is 1070. The van der Waals surface area contributed by atoms with Crippen LogP contribution in [0.25, 0.3) is 11.0 Å². The van der Waals surface area contributed by atoms with Gasteiger partial charge in [0.2, 0.25) is 0 Å². The number of para-hydroxylation sites is 2. The molecule has 174 valence electrons. The molecule has 0 spiro atoms. The Morgan fingerprint density at radius 1 is 1.00 bits per heavy atom. The van der Waals surface area contributed by atoms with E-state index in [1.165, 1.54) is 18.4 Å². The minimum atomic E-state index is -0.483. The number of alkyl carbamates (subject to hydrolysis) is 1. The molecule has 1 atom stereocenters. The monoisotopic (exact) mass is 446 g/mol. The van der Waals surface area contributed by atoms with Gasteiger partial charge in [-0.25, -0.2) is 14.8 Å². The highest BCUT2D eigenvalue weighted by molar-refractivity contribution is 5.74. The van der Waals surface area contributed by atoms with Crippen LogP contribution < -0.4 is 10.6 Å². The summed E-state index contributed by atoms with van der Waals surface area (Å²) >= 11 is 0. The van der Waals surface area contributed by atoms with Crippen LogP contribution in [0.4, 0.5) is 4.79 Å². The summed E-state index contributed by atoms with van der Waals surface area (Å²) in [6.45, 7) is 6.96. The van der Waals surface area contributed by atoms with Gasteiger partial charge >= 0.3 is 6.09 Å². The van der Waals surface area contributed by atoms with Crippen molar-refractivity contribution < 1.29 is 9.53 Å². The molecule has 0 saturated heterocycles. The van der Waals surface area contributed by atoms with Crippen molar-refractivity contribution in [3.05, 3.63) is 71.5 Å². The number of fused-ring (bicyclic) bond motifs is 1. The number of carbonyl (C=O) groups is 1. The molecule has 2 aromatic carbocycles. The smallest absolute Gasteiger partial charge is 0.407 e. The summed E-state index contributed by atoms with van der Waals surface area (Å²) in [5, 5.41) is 6.55. The molecule has 33 heavy (non-hydrogen) atoms. The summed E-state index contributed by atoms with van der Waals surface area (Å²) in [7, 11) is 0. The van der Waals surface area contributed by atoms with Crippen LogP contribution in [0.3, 0.4) is 0 Å². The highest BCUT2D eigenvalue weighted by atomic mass is 16.6. The van der Waals surface area contributed by atoms with Crippen molar-refractivity contribution in [3.8, 4) is 0 Å². The number of hydrogen-bond donors (Lipinski definition) is 2. The Kier molecular flexibility index (Phi) is 7.23. The molecule has 2 N–H and O–H groups in total. The van der Waals surface area contributed by atoms with Gasteiger partial charge in [0.05, 0.1) is 28.5 Å². The van der Waals surface area contributed by atoms with E-state index in [0.29, 0.717) is 12.5 Å². The van der Waals surface area contributed by atoms with Gasteiger partial charge in [0.15, 0.2) is 0 Å². The number of ether oxygens (including phenoxy) is 1. The minimum Gasteiger partial charge on any atom is -0.444 e. The highest BCUT2D eigenvalue weighted by Crippen LogP contribution is 2.41. The Balaban J connectivity index is 1.46. The summed E-state index contributed by atoms with van der Waals surface area (Å²) < 4.78 is 5.31. The Morgan fingerprint density at radius 3 is 2.33 bits per heavy atom. The van der Waals surface area contributed by atoms with Gasteiger partial charge in [0.25, 0.3) is 0 Å². The zero-order valence-corrected chi connectivity index (χ0v) is 19.8. The van der Waals surface area contributed by atoms with E-state index >= 15 is 0 Å². The number of nitrogens with zero attached hydrogens (tertiary/aromatic N) is 2. The van der Waals surface area contributed by atoms with Crippen molar-refractivity contribution in [1.82, 2.24) is 20.6 Å². The normalized spacial score (nSPS) is 14.8. The van der Waals surface area contributed by atoms with Gasteiger partial charge < -0.3 is 15.4 Å². The van der Waals surface area contributed by atoms with E-state index in [9.17, 15) is 4.79 Å². The molecule has 6 nitrogen and oxygen atoms in total. The maximum absolute atomic E-state index is 11.9. The summed E-state index contributed by atoms with van der Waals surface area (Å²) in [6, 6.07) is 18.7. The number of nitrogens with one attached hydrogen (secondary N) is 2. The Labute approximate surface area is 196 Å². The van der Waals surface area contributed by atoms with Crippen molar-refractivity contribution in [2.75, 3.05) is 13.1 Å². The van der Waals surface area contributed by atoms with Gasteiger partial charge in [-0.15, -0.1) is 0 Å². The second-order valence-electron chi connectivity index (χ2n) is 9.76. The second-order valence-corrected chi connectivity index (χ2v) is 9.76. The van der Waals surface area contributed by atoms with Crippen LogP contribution in [0.1, 0.15) is 63.0 Å². The van der Waals surface area contributed by atoms with E-state index in [1.807, 2.05) is 51.1 Å². The molecule has 0 bridgehead atoms. The molecular formula is C27H34N4O2. The highest BCUT2D eigenvalue weighted by Gasteiger charge is 2.34. The summed E-state index contributed by atoms with van der Waals surface area (Å²) in [6.07, 6.45) is 3.61. The number of carbonyl (C=O) groups excluding carboxylic acids is 1. The topological polar surface area (TPSA) is 76.1 Å². The fraction of sp³-hybridized carbons (Fsp3) is 0.444. The third-order valence-electron chi connectivity index (χ3n) is 5.66. The molecule has 1 saturated carbocycles. The van der Waals surface area contributed by atoms with Crippen LogP contribution in [0.2, 0.25) is 0 Å². The van der Waals surface area contributed by atoms with E-state index in [1.54, 1.807) is 0 Å². The lowest BCUT2D eigenvalue weighted by Gasteiger charge is -2.22. The van der Waals surface area contributed by atoms with Crippen LogP contribution in [-0.4, -0.2) is 34.8 Å². The van der Waals surface area contributed by atoms with Crippen LogP contribution in [0.15, 0.2) is 54.6 Å². The molecule has 1 heterocycles. The molecule has 4 rings (SSSR count). The van der Waals surface area contributed by atoms with Crippen LogP contribution in [0.5, 0.6) is 0 Å². The molecule has 1 amide bonds. The first-order valence-electron chi connectivity index (χ1n) is 11.9. The fourth-order valence-corrected chi connectivity index (χ4v) is 3.99. The van der Waals surface area contributed by atoms with Gasteiger partial charge in [0.1, 0.15) is 5.60 Å². The van der Waals surface area contributed by atoms with Crippen molar-refractivity contribution in [1.29, 1.82) is 0 Å². The largest absolute Gasteiger partial charge is 0.444 e. The van der Waals surface area contributed by atoms with Crippen LogP contribution in [0, 0.1) is 5.92 Å². The number of amides is 1. The van der Waals surface area contributed by atoms with Crippen molar-refractivity contribution in [2.24, 2.45) is 5.92 Å². The van der Waals surface area contributed by atoms with Crippen molar-refractivity contribution >= 4 is 17.1 Å². The molecule has 0 aliphatic heterocycles. The maximum Gasteiger partial charge on any atom is 0.407 e. The lowest BCUT2D eigenvalue weighted by atomic mass is 10.0. The first-order chi connectivity index (χ1) is 15.9. The summed E-state index contributed by atoms with van der Waals surface area (Å²) in [5.41, 5.74) is 4.71. The fourth-order valence-electron chi connectivity index (χ4n) is 3.99. The Morgan fingerprint density at radius 2 is 1.67 bits per heavy atom. The molecule has 1 aliphatic rings. The third kappa shape index (κ3) is 6.75. The molecule has 1 fully saturated rings. The zero-order chi connectivity index (χ0) is 23.3. The average Bonchev–Trinajstić information content (AvgIpc) is 3.61. The molecular weight excluding hydrogens is 412 g/mol. The van der Waals surface area contributed by atoms with Gasteiger partial charge in [-0.05, 0) is 70.2 Å². The van der Waals surface area contributed by atoms with E-state index in [2.05, 4.69) is 34.9 Å². The molecule has 0 radical (unpaired) electrons. The second kappa shape index (κ2) is 10.3. The molecule has 3 aromatic rings.